The van der Waals surface area contributed by atoms with E-state index in [2.05, 4.69) is 6.92 Å². The third-order valence-corrected chi connectivity index (χ3v) is 8.56. The van der Waals surface area contributed by atoms with Crippen molar-refractivity contribution in [3.63, 3.8) is 0 Å². The molecule has 3 aromatic carbocycles. The summed E-state index contributed by atoms with van der Waals surface area (Å²) >= 11 is 7.76. The van der Waals surface area contributed by atoms with E-state index >= 15 is 0 Å². The number of unbranched alkanes of at least 4 members (excludes halogenated alkanes) is 1. The van der Waals surface area contributed by atoms with Gasteiger partial charge in [-0.2, -0.15) is 0 Å². The highest BCUT2D eigenvalue weighted by Crippen LogP contribution is 2.38. The summed E-state index contributed by atoms with van der Waals surface area (Å²) < 4.78 is 19.5. The number of benzene rings is 3. The number of ether oxygens (including phenoxy) is 3. The van der Waals surface area contributed by atoms with Gasteiger partial charge in [-0.05, 0) is 60.9 Å². The van der Waals surface area contributed by atoms with Gasteiger partial charge in [-0.25, -0.2) is 9.79 Å². The molecule has 1 aromatic heterocycles. The van der Waals surface area contributed by atoms with Crippen LogP contribution in [0, 0.1) is 0 Å². The molecule has 0 bridgehead atoms. The topological polar surface area (TPSA) is 79.1 Å². The summed E-state index contributed by atoms with van der Waals surface area (Å²) in [5.74, 6) is 0.700. The molecule has 0 unspecified atom stereocenters. The SMILES string of the molecule is CCCCOc1ccc2ccccc2c1/C=c1/sc2n(c1=O)[C@@H](c1cc(Cl)ccc1OC)C(C(=O)OCC)=C(CCC)N=2. The summed E-state index contributed by atoms with van der Waals surface area (Å²) in [6.45, 7) is 6.67. The average molecular weight is 619 g/mol. The van der Waals surface area contributed by atoms with Crippen LogP contribution in [0.4, 0.5) is 0 Å². The molecule has 5 rings (SSSR count). The molecule has 0 radical (unpaired) electrons. The number of fused-ring (bicyclic) bond motifs is 2. The minimum Gasteiger partial charge on any atom is -0.496 e. The van der Waals surface area contributed by atoms with E-state index in [1.165, 1.54) is 11.3 Å². The molecular formula is C34H35ClN2O5S. The maximum Gasteiger partial charge on any atom is 0.338 e. The van der Waals surface area contributed by atoms with Crippen molar-refractivity contribution in [2.75, 3.05) is 20.3 Å². The Morgan fingerprint density at radius 2 is 1.86 bits per heavy atom. The molecule has 1 atom stereocenters. The van der Waals surface area contributed by atoms with Crippen molar-refractivity contribution in [2.45, 2.75) is 52.5 Å². The van der Waals surface area contributed by atoms with Gasteiger partial charge in [0.15, 0.2) is 4.80 Å². The van der Waals surface area contributed by atoms with E-state index in [0.29, 0.717) is 55.7 Å². The van der Waals surface area contributed by atoms with Crippen molar-refractivity contribution in [2.24, 2.45) is 4.99 Å². The van der Waals surface area contributed by atoms with Gasteiger partial charge in [-0.15, -0.1) is 0 Å². The van der Waals surface area contributed by atoms with Crippen molar-refractivity contribution < 1.29 is 19.0 Å². The van der Waals surface area contributed by atoms with E-state index in [1.807, 2.05) is 49.4 Å². The molecule has 1 aliphatic heterocycles. The lowest BCUT2D eigenvalue weighted by Gasteiger charge is -2.27. The third-order valence-electron chi connectivity index (χ3n) is 7.34. The van der Waals surface area contributed by atoms with E-state index < -0.39 is 12.0 Å². The smallest absolute Gasteiger partial charge is 0.338 e. The van der Waals surface area contributed by atoms with Crippen LogP contribution < -0.4 is 24.4 Å². The van der Waals surface area contributed by atoms with Crippen LogP contribution in [0.5, 0.6) is 11.5 Å². The average Bonchev–Trinajstić information content (AvgIpc) is 3.31. The Bertz CT molecular complexity index is 1870. The summed E-state index contributed by atoms with van der Waals surface area (Å²) in [5, 5.41) is 2.48. The van der Waals surface area contributed by atoms with Crippen LogP contribution in [0.25, 0.3) is 16.8 Å². The zero-order valence-corrected chi connectivity index (χ0v) is 26.4. The highest BCUT2D eigenvalue weighted by molar-refractivity contribution is 7.07. The summed E-state index contributed by atoms with van der Waals surface area (Å²) in [4.78, 5) is 33.3. The number of thiazole rings is 1. The zero-order valence-electron chi connectivity index (χ0n) is 24.8. The number of methoxy groups -OCH3 is 1. The molecule has 0 saturated carbocycles. The Kier molecular flexibility index (Phi) is 9.68. The number of carbonyl (C=O) groups excluding carboxylic acids is 1. The highest BCUT2D eigenvalue weighted by Gasteiger charge is 2.36. The lowest BCUT2D eigenvalue weighted by atomic mass is 9.93. The van der Waals surface area contributed by atoms with Crippen LogP contribution in [-0.2, 0) is 9.53 Å². The largest absolute Gasteiger partial charge is 0.496 e. The number of hydrogen-bond acceptors (Lipinski definition) is 7. The van der Waals surface area contributed by atoms with E-state index in [4.69, 9.17) is 30.8 Å². The molecule has 43 heavy (non-hydrogen) atoms. The second-order valence-corrected chi connectivity index (χ2v) is 11.6. The van der Waals surface area contributed by atoms with E-state index in [-0.39, 0.29) is 12.2 Å². The second kappa shape index (κ2) is 13.6. The van der Waals surface area contributed by atoms with Gasteiger partial charge in [-0.1, -0.05) is 80.0 Å². The Morgan fingerprint density at radius 3 is 2.60 bits per heavy atom. The van der Waals surface area contributed by atoms with Crippen molar-refractivity contribution in [3.05, 3.63) is 102 Å². The van der Waals surface area contributed by atoms with Gasteiger partial charge < -0.3 is 14.2 Å². The van der Waals surface area contributed by atoms with Crippen molar-refractivity contribution in [1.82, 2.24) is 4.57 Å². The summed E-state index contributed by atoms with van der Waals surface area (Å²) in [6, 6.07) is 16.4. The Labute approximate surface area is 259 Å². The first-order valence-electron chi connectivity index (χ1n) is 14.6. The molecule has 0 aliphatic carbocycles. The predicted octanol–water partition coefficient (Wildman–Crippen LogP) is 6.57. The first-order chi connectivity index (χ1) is 20.9. The van der Waals surface area contributed by atoms with E-state index in [0.717, 1.165) is 35.6 Å². The molecule has 0 amide bonds. The van der Waals surface area contributed by atoms with Gasteiger partial charge in [0.1, 0.15) is 17.5 Å². The molecule has 7 nitrogen and oxygen atoms in total. The number of esters is 1. The summed E-state index contributed by atoms with van der Waals surface area (Å²) in [5.41, 5.74) is 2.05. The number of hydrogen-bond donors (Lipinski definition) is 0. The number of carbonyl (C=O) groups is 1. The quantitative estimate of drug-likeness (QED) is 0.140. The van der Waals surface area contributed by atoms with Crippen molar-refractivity contribution >= 4 is 45.8 Å². The number of allylic oxidation sites excluding steroid dienone is 1. The van der Waals surface area contributed by atoms with E-state index in [9.17, 15) is 9.59 Å². The lowest BCUT2D eigenvalue weighted by molar-refractivity contribution is -0.139. The molecule has 224 valence electrons. The minimum atomic E-state index is -0.833. The van der Waals surface area contributed by atoms with Crippen LogP contribution in [0.3, 0.4) is 0 Å². The maximum atomic E-state index is 14.4. The predicted molar refractivity (Wildman–Crippen MR) is 172 cm³/mol. The molecule has 2 heterocycles. The molecule has 4 aromatic rings. The van der Waals surface area contributed by atoms with Crippen molar-refractivity contribution in [1.29, 1.82) is 0 Å². The third kappa shape index (κ3) is 6.12. The maximum absolute atomic E-state index is 14.4. The van der Waals surface area contributed by atoms with Crippen LogP contribution in [-0.4, -0.2) is 30.9 Å². The molecule has 0 fully saturated rings. The zero-order chi connectivity index (χ0) is 30.5. The molecule has 1 aliphatic rings. The Hall–Kier alpha value is -3.88. The molecule has 0 saturated heterocycles. The van der Waals surface area contributed by atoms with Gasteiger partial charge in [0.25, 0.3) is 5.56 Å². The molecule has 9 heteroatoms. The van der Waals surface area contributed by atoms with Gasteiger partial charge in [0.05, 0.1) is 36.1 Å². The fourth-order valence-electron chi connectivity index (χ4n) is 5.34. The van der Waals surface area contributed by atoms with Crippen LogP contribution in [0.1, 0.15) is 63.6 Å². The van der Waals surface area contributed by atoms with E-state index in [1.54, 1.807) is 36.8 Å². The van der Waals surface area contributed by atoms with Crippen molar-refractivity contribution in [3.8, 4) is 11.5 Å². The fraction of sp³-hybridized carbons (Fsp3) is 0.324. The minimum absolute atomic E-state index is 0.188. The molecular weight excluding hydrogens is 584 g/mol. The van der Waals surface area contributed by atoms with Crippen LogP contribution >= 0.6 is 22.9 Å². The van der Waals surface area contributed by atoms with Gasteiger partial charge in [0.2, 0.25) is 0 Å². The fourth-order valence-corrected chi connectivity index (χ4v) is 6.52. The van der Waals surface area contributed by atoms with Gasteiger partial charge in [0, 0.05) is 16.1 Å². The first kappa shape index (κ1) is 30.6. The number of aromatic nitrogens is 1. The molecule has 0 spiro atoms. The number of rotatable bonds is 11. The number of nitrogens with zero attached hydrogens (tertiary/aromatic N) is 2. The Balaban J connectivity index is 1.81. The summed E-state index contributed by atoms with van der Waals surface area (Å²) in [6.07, 6.45) is 5.11. The second-order valence-electron chi connectivity index (χ2n) is 10.2. The monoisotopic (exact) mass is 618 g/mol. The highest BCUT2D eigenvalue weighted by atomic mass is 35.5. The summed E-state index contributed by atoms with van der Waals surface area (Å²) in [7, 11) is 1.55. The van der Waals surface area contributed by atoms with Gasteiger partial charge >= 0.3 is 5.97 Å². The van der Waals surface area contributed by atoms with Crippen LogP contribution in [0.15, 0.2) is 75.7 Å². The Morgan fingerprint density at radius 1 is 1.07 bits per heavy atom. The first-order valence-corrected chi connectivity index (χ1v) is 15.8. The van der Waals surface area contributed by atoms with Crippen LogP contribution in [0.2, 0.25) is 5.02 Å². The van der Waals surface area contributed by atoms with Gasteiger partial charge in [-0.3, -0.25) is 9.36 Å². The lowest BCUT2D eigenvalue weighted by Crippen LogP contribution is -2.40. The molecule has 0 N–H and O–H groups in total. The number of halogens is 1. The standard InChI is InChI=1S/C34H35ClN2O5S/c1-5-8-18-42-28-16-14-21-12-9-10-13-23(21)24(28)20-29-32(38)37-31(25-19-22(35)15-17-27(25)40-4)30(33(39)41-7-3)26(11-6-2)36-34(37)43-29/h9-10,12-17,19-20,31H,5-8,11,18H2,1-4H3/b29-20+/t31-/m0/s1. The normalized spacial score (nSPS) is 14.9.